The van der Waals surface area contributed by atoms with Crippen molar-refractivity contribution in [2.75, 3.05) is 25.0 Å². The van der Waals surface area contributed by atoms with Gasteiger partial charge in [-0.25, -0.2) is 24.7 Å². The second-order valence-electron chi connectivity index (χ2n) is 11.9. The van der Waals surface area contributed by atoms with Gasteiger partial charge in [0.25, 0.3) is 0 Å². The first-order chi connectivity index (χ1) is 20.1. The Kier molecular flexibility index (Phi) is 6.96. The van der Waals surface area contributed by atoms with E-state index in [-0.39, 0.29) is 6.09 Å². The summed E-state index contributed by atoms with van der Waals surface area (Å²) in [6.07, 6.45) is 6.28. The SMILES string of the molecule is Cc1cc(Nc2ncncc2C2=NC3(CCCN(C(=O)OC(C)(C)C)C3)CO2)ccc1Oc1ccc2c(c1)ncn2C. The number of aliphatic imine (C=N–C) groups is 1. The highest BCUT2D eigenvalue weighted by molar-refractivity contribution is 6.00. The monoisotopic (exact) mass is 569 g/mol. The molecular formula is C31H35N7O4. The van der Waals surface area contributed by atoms with Gasteiger partial charge in [-0.3, -0.25) is 0 Å². The van der Waals surface area contributed by atoms with Crippen LogP contribution in [0, 0.1) is 6.92 Å². The Morgan fingerprint density at radius 2 is 2.00 bits per heavy atom. The number of hydrogen-bond acceptors (Lipinski definition) is 9. The smallest absolute Gasteiger partial charge is 0.410 e. The van der Waals surface area contributed by atoms with Crippen LogP contribution in [0.1, 0.15) is 44.7 Å². The van der Waals surface area contributed by atoms with Crippen LogP contribution < -0.4 is 10.1 Å². The number of likely N-dealkylation sites (tertiary alicyclic amines) is 1. The molecule has 2 aromatic heterocycles. The number of imidazole rings is 1. The summed E-state index contributed by atoms with van der Waals surface area (Å²) in [5, 5.41) is 3.39. The lowest BCUT2D eigenvalue weighted by atomic mass is 9.91. The molecule has 1 atom stereocenters. The molecule has 0 aliphatic carbocycles. The second-order valence-corrected chi connectivity index (χ2v) is 11.9. The molecule has 2 aliphatic rings. The summed E-state index contributed by atoms with van der Waals surface area (Å²) in [6.45, 7) is 9.06. The van der Waals surface area contributed by atoms with Gasteiger partial charge < -0.3 is 29.0 Å². The number of aryl methyl sites for hydroxylation is 2. The predicted molar refractivity (Wildman–Crippen MR) is 160 cm³/mol. The van der Waals surface area contributed by atoms with E-state index in [2.05, 4.69) is 20.3 Å². The highest BCUT2D eigenvalue weighted by Crippen LogP contribution is 2.34. The standard InChI is InChI=1S/C31H35N7O4/c1-20-13-21(7-10-26(20)41-22-8-9-25-24(14-22)34-19-37(25)5)35-27-23(15-32-18-33-27)28-36-31(17-40-28)11-6-12-38(16-31)29(39)42-30(2,3)4/h7-10,13-15,18-19H,6,11-12,16-17H2,1-5H3,(H,32,33,35). The highest BCUT2D eigenvalue weighted by atomic mass is 16.6. The Labute approximate surface area is 244 Å². The maximum absolute atomic E-state index is 12.7. The van der Waals surface area contributed by atoms with Crippen LogP contribution in [-0.2, 0) is 16.5 Å². The lowest BCUT2D eigenvalue weighted by molar-refractivity contribution is 0.0125. The van der Waals surface area contributed by atoms with Gasteiger partial charge in [-0.1, -0.05) is 0 Å². The molecule has 1 spiro atoms. The lowest BCUT2D eigenvalue weighted by Crippen LogP contribution is -2.51. The van der Waals surface area contributed by atoms with Gasteiger partial charge in [0.2, 0.25) is 5.90 Å². The van der Waals surface area contributed by atoms with E-state index < -0.39 is 11.1 Å². The van der Waals surface area contributed by atoms with Gasteiger partial charge in [0.05, 0.1) is 29.5 Å². The van der Waals surface area contributed by atoms with Crippen molar-refractivity contribution in [2.45, 2.75) is 51.7 Å². The third kappa shape index (κ3) is 5.72. The number of piperidine rings is 1. The van der Waals surface area contributed by atoms with Crippen LogP contribution in [0.2, 0.25) is 0 Å². The molecule has 2 aromatic carbocycles. The lowest BCUT2D eigenvalue weighted by Gasteiger charge is -2.37. The van der Waals surface area contributed by atoms with Gasteiger partial charge in [-0.15, -0.1) is 0 Å². The van der Waals surface area contributed by atoms with E-state index in [4.69, 9.17) is 19.2 Å². The third-order valence-corrected chi connectivity index (χ3v) is 7.33. The molecule has 1 saturated heterocycles. The Morgan fingerprint density at radius 3 is 2.81 bits per heavy atom. The molecule has 6 rings (SSSR count). The van der Waals surface area contributed by atoms with Crippen LogP contribution in [0.5, 0.6) is 11.5 Å². The summed E-state index contributed by atoms with van der Waals surface area (Å²) in [5.74, 6) is 2.51. The number of carbonyl (C=O) groups is 1. The van der Waals surface area contributed by atoms with Crippen molar-refractivity contribution in [3.05, 3.63) is 66.4 Å². The van der Waals surface area contributed by atoms with Gasteiger partial charge in [-0.05, 0) is 76.4 Å². The maximum Gasteiger partial charge on any atom is 0.410 e. The minimum atomic E-state index is -0.555. The molecule has 218 valence electrons. The first-order valence-corrected chi connectivity index (χ1v) is 14.1. The molecule has 2 aliphatic heterocycles. The maximum atomic E-state index is 12.7. The molecule has 1 amide bonds. The van der Waals surface area contributed by atoms with Gasteiger partial charge in [-0.2, -0.15) is 0 Å². The average molecular weight is 570 g/mol. The summed E-state index contributed by atoms with van der Waals surface area (Å²) >= 11 is 0. The van der Waals surface area contributed by atoms with Crippen molar-refractivity contribution in [3.8, 4) is 11.5 Å². The van der Waals surface area contributed by atoms with Crippen LogP contribution in [0.25, 0.3) is 11.0 Å². The molecule has 1 fully saturated rings. The van der Waals surface area contributed by atoms with Crippen molar-refractivity contribution in [2.24, 2.45) is 12.0 Å². The number of rotatable bonds is 5. The number of amides is 1. The minimum absolute atomic E-state index is 0.323. The van der Waals surface area contributed by atoms with Crippen molar-refractivity contribution in [1.82, 2.24) is 24.4 Å². The molecule has 0 saturated carbocycles. The Hall–Kier alpha value is -4.67. The highest BCUT2D eigenvalue weighted by Gasteiger charge is 2.43. The molecule has 4 heterocycles. The predicted octanol–water partition coefficient (Wildman–Crippen LogP) is 5.75. The normalized spacial score (nSPS) is 18.6. The fourth-order valence-corrected chi connectivity index (χ4v) is 5.29. The van der Waals surface area contributed by atoms with Gasteiger partial charge in [0.1, 0.15) is 41.4 Å². The van der Waals surface area contributed by atoms with Crippen LogP contribution in [0.4, 0.5) is 16.3 Å². The zero-order valence-corrected chi connectivity index (χ0v) is 24.5. The Bertz CT molecular complexity index is 1680. The Balaban J connectivity index is 1.18. The van der Waals surface area contributed by atoms with Crippen LogP contribution in [0.3, 0.4) is 0 Å². The van der Waals surface area contributed by atoms with Crippen molar-refractivity contribution in [3.63, 3.8) is 0 Å². The number of ether oxygens (including phenoxy) is 3. The fraction of sp³-hybridized carbons (Fsp3) is 0.387. The van der Waals surface area contributed by atoms with Crippen molar-refractivity contribution < 1.29 is 19.0 Å². The molecule has 4 aromatic rings. The summed E-state index contributed by atoms with van der Waals surface area (Å²) in [4.78, 5) is 32.6. The minimum Gasteiger partial charge on any atom is -0.475 e. The summed E-state index contributed by atoms with van der Waals surface area (Å²) in [5.41, 5.74) is 3.30. The van der Waals surface area contributed by atoms with Crippen LogP contribution >= 0.6 is 0 Å². The van der Waals surface area contributed by atoms with Gasteiger partial charge in [0.15, 0.2) is 0 Å². The van der Waals surface area contributed by atoms with Crippen molar-refractivity contribution >= 4 is 34.5 Å². The average Bonchev–Trinajstić information content (AvgIpc) is 3.52. The van der Waals surface area contributed by atoms with E-state index in [0.29, 0.717) is 37.0 Å². The molecule has 42 heavy (non-hydrogen) atoms. The Morgan fingerprint density at radius 1 is 1.14 bits per heavy atom. The third-order valence-electron chi connectivity index (χ3n) is 7.33. The quantitative estimate of drug-likeness (QED) is 0.323. The molecule has 11 nitrogen and oxygen atoms in total. The van der Waals surface area contributed by atoms with Gasteiger partial charge >= 0.3 is 6.09 Å². The van der Waals surface area contributed by atoms with Crippen LogP contribution in [-0.4, -0.2) is 67.2 Å². The van der Waals surface area contributed by atoms with E-state index in [0.717, 1.165) is 46.6 Å². The van der Waals surface area contributed by atoms with Crippen LogP contribution in [0.15, 0.2) is 60.2 Å². The van der Waals surface area contributed by atoms with E-state index in [1.54, 1.807) is 17.4 Å². The number of fused-ring (bicyclic) bond motifs is 1. The number of carbonyl (C=O) groups excluding carboxylic acids is 1. The summed E-state index contributed by atoms with van der Waals surface area (Å²) in [6, 6.07) is 11.7. The first-order valence-electron chi connectivity index (χ1n) is 14.1. The number of aromatic nitrogens is 4. The molecule has 1 unspecified atom stereocenters. The zero-order valence-electron chi connectivity index (χ0n) is 24.5. The fourth-order valence-electron chi connectivity index (χ4n) is 5.29. The molecule has 1 N–H and O–H groups in total. The number of anilines is 2. The van der Waals surface area contributed by atoms with E-state index in [1.165, 1.54) is 6.33 Å². The number of nitrogens with one attached hydrogen (secondary N) is 1. The molecule has 0 radical (unpaired) electrons. The summed E-state index contributed by atoms with van der Waals surface area (Å²) < 4.78 is 19.9. The van der Waals surface area contributed by atoms with E-state index in [9.17, 15) is 4.79 Å². The number of hydrogen-bond donors (Lipinski definition) is 1. The molecular weight excluding hydrogens is 534 g/mol. The molecule has 0 bridgehead atoms. The zero-order chi connectivity index (χ0) is 29.5. The van der Waals surface area contributed by atoms with Gasteiger partial charge in [0, 0.05) is 31.5 Å². The number of nitrogens with zero attached hydrogens (tertiary/aromatic N) is 6. The van der Waals surface area contributed by atoms with Crippen molar-refractivity contribution in [1.29, 1.82) is 0 Å². The largest absolute Gasteiger partial charge is 0.475 e. The number of benzene rings is 2. The summed E-state index contributed by atoms with van der Waals surface area (Å²) in [7, 11) is 1.97. The first kappa shape index (κ1) is 27.5. The van der Waals surface area contributed by atoms with E-state index >= 15 is 0 Å². The van der Waals surface area contributed by atoms with E-state index in [1.807, 2.05) is 75.7 Å². The molecule has 11 heteroatoms. The second kappa shape index (κ2) is 10.6. The topological polar surface area (TPSA) is 116 Å².